The Morgan fingerprint density at radius 2 is 2.00 bits per heavy atom. The third-order valence-corrected chi connectivity index (χ3v) is 3.30. The lowest BCUT2D eigenvalue weighted by atomic mass is 9.88. The molecule has 0 saturated carbocycles. The molecule has 0 amide bonds. The van der Waals surface area contributed by atoms with Crippen LogP contribution in [0.3, 0.4) is 0 Å². The number of hydrogen-bond acceptors (Lipinski definition) is 2. The molecular weight excluding hydrogens is 276 g/mol. The summed E-state index contributed by atoms with van der Waals surface area (Å²) < 4.78 is 1.61. The molecule has 0 fully saturated rings. The zero-order valence-corrected chi connectivity index (χ0v) is 12.7. The van der Waals surface area contributed by atoms with E-state index in [4.69, 9.17) is 11.6 Å². The highest BCUT2D eigenvalue weighted by Gasteiger charge is 2.30. The van der Waals surface area contributed by atoms with Gasteiger partial charge in [0, 0.05) is 23.0 Å². The van der Waals surface area contributed by atoms with Gasteiger partial charge in [0.2, 0.25) is 0 Å². The van der Waals surface area contributed by atoms with Crippen LogP contribution < -0.4 is 0 Å². The van der Waals surface area contributed by atoms with Crippen LogP contribution in [0.15, 0.2) is 24.3 Å². The average Bonchev–Trinajstić information content (AvgIpc) is 2.66. The standard InChI is InChI=1S/C15H17ClN2O2/c1-15(2,3)13-11(14(19)20)12(18(4)17-13)9-6-5-7-10(16)8-9/h5-8H,1-4H3,(H,19,20). The minimum atomic E-state index is -0.974. The SMILES string of the molecule is Cn1nc(C(C)(C)C)c(C(=O)O)c1-c1cccc(Cl)c1. The van der Waals surface area contributed by atoms with Crippen molar-refractivity contribution in [3.8, 4) is 11.3 Å². The second-order valence-electron chi connectivity index (χ2n) is 5.76. The molecule has 0 radical (unpaired) electrons. The van der Waals surface area contributed by atoms with Gasteiger partial charge in [-0.25, -0.2) is 4.79 Å². The van der Waals surface area contributed by atoms with Crippen LogP contribution in [0.25, 0.3) is 11.3 Å². The Bertz CT molecular complexity index is 669. The first-order chi connectivity index (χ1) is 9.21. The average molecular weight is 293 g/mol. The predicted octanol–water partition coefficient (Wildman–Crippen LogP) is 3.74. The number of hydrogen-bond donors (Lipinski definition) is 1. The summed E-state index contributed by atoms with van der Waals surface area (Å²) in [5, 5.41) is 14.5. The smallest absolute Gasteiger partial charge is 0.339 e. The van der Waals surface area contributed by atoms with Crippen molar-refractivity contribution in [2.24, 2.45) is 7.05 Å². The fourth-order valence-electron chi connectivity index (χ4n) is 2.22. The van der Waals surface area contributed by atoms with E-state index in [9.17, 15) is 9.90 Å². The Morgan fingerprint density at radius 3 is 2.50 bits per heavy atom. The topological polar surface area (TPSA) is 55.1 Å². The molecule has 20 heavy (non-hydrogen) atoms. The minimum absolute atomic E-state index is 0.238. The maximum atomic E-state index is 11.7. The Hall–Kier alpha value is -1.81. The van der Waals surface area contributed by atoms with Crippen LogP contribution in [-0.2, 0) is 12.5 Å². The summed E-state index contributed by atoms with van der Waals surface area (Å²) in [6, 6.07) is 7.14. The molecule has 2 rings (SSSR count). The van der Waals surface area contributed by atoms with E-state index < -0.39 is 5.97 Å². The quantitative estimate of drug-likeness (QED) is 0.917. The highest BCUT2D eigenvalue weighted by molar-refractivity contribution is 6.30. The van der Waals surface area contributed by atoms with Crippen molar-refractivity contribution in [2.75, 3.05) is 0 Å². The number of halogens is 1. The molecule has 1 aromatic heterocycles. The molecule has 2 aromatic rings. The maximum Gasteiger partial charge on any atom is 0.339 e. The number of nitrogens with zero attached hydrogens (tertiary/aromatic N) is 2. The number of rotatable bonds is 2. The first-order valence-electron chi connectivity index (χ1n) is 6.28. The van der Waals surface area contributed by atoms with Crippen molar-refractivity contribution in [3.63, 3.8) is 0 Å². The molecule has 0 aliphatic heterocycles. The Morgan fingerprint density at radius 1 is 1.35 bits per heavy atom. The summed E-state index contributed by atoms with van der Waals surface area (Å²) in [6.45, 7) is 5.84. The number of carbonyl (C=O) groups is 1. The first kappa shape index (κ1) is 14.6. The van der Waals surface area contributed by atoms with Crippen LogP contribution in [0.4, 0.5) is 0 Å². The largest absolute Gasteiger partial charge is 0.478 e. The van der Waals surface area contributed by atoms with Gasteiger partial charge < -0.3 is 5.11 Å². The van der Waals surface area contributed by atoms with Gasteiger partial charge >= 0.3 is 5.97 Å². The van der Waals surface area contributed by atoms with Gasteiger partial charge in [0.15, 0.2) is 0 Å². The van der Waals surface area contributed by atoms with Gasteiger partial charge in [0.05, 0.1) is 11.4 Å². The van der Waals surface area contributed by atoms with Crippen molar-refractivity contribution in [1.29, 1.82) is 0 Å². The second kappa shape index (κ2) is 4.94. The van der Waals surface area contributed by atoms with Gasteiger partial charge in [-0.05, 0) is 12.1 Å². The van der Waals surface area contributed by atoms with Crippen molar-refractivity contribution in [3.05, 3.63) is 40.5 Å². The number of aromatic carboxylic acids is 1. The molecule has 0 aliphatic carbocycles. The highest BCUT2D eigenvalue weighted by atomic mass is 35.5. The van der Waals surface area contributed by atoms with Gasteiger partial charge in [-0.3, -0.25) is 4.68 Å². The normalized spacial score (nSPS) is 11.7. The molecule has 0 bridgehead atoms. The number of carboxylic acid groups (broad SMARTS) is 1. The monoisotopic (exact) mass is 292 g/mol. The van der Waals surface area contributed by atoms with E-state index in [2.05, 4.69) is 5.10 Å². The van der Waals surface area contributed by atoms with Gasteiger partial charge in [-0.1, -0.05) is 44.5 Å². The summed E-state index contributed by atoms with van der Waals surface area (Å²) in [4.78, 5) is 11.7. The van der Waals surface area contributed by atoms with Gasteiger partial charge in [-0.2, -0.15) is 5.10 Å². The third-order valence-electron chi connectivity index (χ3n) is 3.07. The Labute approximate surface area is 123 Å². The summed E-state index contributed by atoms with van der Waals surface area (Å²) in [7, 11) is 1.75. The van der Waals surface area contributed by atoms with Crippen LogP contribution in [0, 0.1) is 0 Å². The molecule has 0 saturated heterocycles. The van der Waals surface area contributed by atoms with Gasteiger partial charge in [0.1, 0.15) is 5.56 Å². The van der Waals surface area contributed by atoms with E-state index in [0.29, 0.717) is 16.4 Å². The van der Waals surface area contributed by atoms with Crippen LogP contribution >= 0.6 is 11.6 Å². The number of aromatic nitrogens is 2. The predicted molar refractivity (Wildman–Crippen MR) is 79.3 cm³/mol. The van der Waals surface area contributed by atoms with E-state index in [1.54, 1.807) is 29.9 Å². The van der Waals surface area contributed by atoms with E-state index in [1.165, 1.54) is 0 Å². The maximum absolute atomic E-state index is 11.7. The van der Waals surface area contributed by atoms with Crippen LogP contribution in [-0.4, -0.2) is 20.9 Å². The Balaban J connectivity index is 2.77. The highest BCUT2D eigenvalue weighted by Crippen LogP contribution is 2.33. The van der Waals surface area contributed by atoms with Crippen molar-refractivity contribution in [1.82, 2.24) is 9.78 Å². The first-order valence-corrected chi connectivity index (χ1v) is 6.66. The fraction of sp³-hybridized carbons (Fsp3) is 0.333. The third kappa shape index (κ3) is 2.56. The van der Waals surface area contributed by atoms with Crippen LogP contribution in [0.2, 0.25) is 5.02 Å². The molecule has 0 atom stereocenters. The summed E-state index contributed by atoms with van der Waals surface area (Å²) in [5.41, 5.74) is 1.79. The van der Waals surface area contributed by atoms with E-state index in [-0.39, 0.29) is 11.0 Å². The lowest BCUT2D eigenvalue weighted by molar-refractivity contribution is 0.0695. The van der Waals surface area contributed by atoms with Gasteiger partial charge in [0.25, 0.3) is 0 Å². The van der Waals surface area contributed by atoms with Crippen LogP contribution in [0.5, 0.6) is 0 Å². The molecule has 1 aromatic carbocycles. The number of benzene rings is 1. The summed E-state index contributed by atoms with van der Waals surface area (Å²) >= 11 is 6.00. The van der Waals surface area contributed by atoms with E-state index >= 15 is 0 Å². The molecule has 0 spiro atoms. The van der Waals surface area contributed by atoms with Gasteiger partial charge in [-0.15, -0.1) is 0 Å². The summed E-state index contributed by atoms with van der Waals surface area (Å²) in [6.07, 6.45) is 0. The molecule has 106 valence electrons. The molecular formula is C15H17ClN2O2. The molecule has 4 nitrogen and oxygen atoms in total. The zero-order valence-electron chi connectivity index (χ0n) is 11.9. The molecule has 5 heteroatoms. The Kier molecular flexibility index (Phi) is 3.61. The lowest BCUT2D eigenvalue weighted by Gasteiger charge is -2.16. The minimum Gasteiger partial charge on any atom is -0.478 e. The van der Waals surface area contributed by atoms with E-state index in [1.807, 2.05) is 26.8 Å². The number of aryl methyl sites for hydroxylation is 1. The van der Waals surface area contributed by atoms with Crippen molar-refractivity contribution in [2.45, 2.75) is 26.2 Å². The molecule has 1 heterocycles. The van der Waals surface area contributed by atoms with Crippen molar-refractivity contribution < 1.29 is 9.90 Å². The zero-order chi connectivity index (χ0) is 15.1. The molecule has 0 unspecified atom stereocenters. The second-order valence-corrected chi connectivity index (χ2v) is 6.20. The lowest BCUT2D eigenvalue weighted by Crippen LogP contribution is -2.16. The van der Waals surface area contributed by atoms with E-state index in [0.717, 1.165) is 5.56 Å². The van der Waals surface area contributed by atoms with Crippen molar-refractivity contribution >= 4 is 17.6 Å². The number of carboxylic acids is 1. The molecule has 0 aliphatic rings. The summed E-state index contributed by atoms with van der Waals surface area (Å²) in [5.74, 6) is -0.974. The fourth-order valence-corrected chi connectivity index (χ4v) is 2.41. The van der Waals surface area contributed by atoms with Crippen LogP contribution in [0.1, 0.15) is 36.8 Å². The molecule has 1 N–H and O–H groups in total.